The number of nitrogens with zero attached hydrogens (tertiary/aromatic N) is 3. The minimum absolute atomic E-state index is 0.0530. The Morgan fingerprint density at radius 3 is 2.39 bits per heavy atom. The number of rotatable bonds is 7. The molecule has 0 bridgehead atoms. The van der Waals surface area contributed by atoms with Crippen LogP contribution in [-0.2, 0) is 4.74 Å². The number of carbonyl (C=O) groups excluding carboxylic acids is 1. The Bertz CT molecular complexity index is 913. The fraction of sp³-hybridized carbons (Fsp3) is 0.577. The molecule has 33 heavy (non-hydrogen) atoms. The first-order valence-electron chi connectivity index (χ1n) is 12.5. The number of hydrogen-bond donors (Lipinski definition) is 2. The van der Waals surface area contributed by atoms with Gasteiger partial charge in [-0.3, -0.25) is 4.79 Å². The molecule has 3 aliphatic rings. The molecule has 3 atom stereocenters. The molecular formula is C26H35N5O2. The fourth-order valence-electron chi connectivity index (χ4n) is 5.79. The van der Waals surface area contributed by atoms with Crippen molar-refractivity contribution in [1.29, 1.82) is 0 Å². The molecule has 1 aliphatic carbocycles. The summed E-state index contributed by atoms with van der Waals surface area (Å²) >= 11 is 0. The first-order chi connectivity index (χ1) is 16.2. The molecule has 1 unspecified atom stereocenters. The topological polar surface area (TPSA) is 79.4 Å². The van der Waals surface area contributed by atoms with Gasteiger partial charge in [-0.2, -0.15) is 0 Å². The van der Waals surface area contributed by atoms with Gasteiger partial charge in [-0.15, -0.1) is 10.2 Å². The molecule has 1 saturated carbocycles. The zero-order valence-electron chi connectivity index (χ0n) is 19.5. The van der Waals surface area contributed by atoms with Gasteiger partial charge in [0.2, 0.25) is 0 Å². The molecule has 0 spiro atoms. The number of carbonyl (C=O) groups is 1. The summed E-state index contributed by atoms with van der Waals surface area (Å²) in [6.07, 6.45) is 4.89. The normalized spacial score (nSPS) is 25.7. The van der Waals surface area contributed by atoms with Crippen molar-refractivity contribution in [3.63, 3.8) is 0 Å². The van der Waals surface area contributed by atoms with Crippen LogP contribution >= 0.6 is 0 Å². The van der Waals surface area contributed by atoms with Crippen LogP contribution in [0, 0.1) is 17.8 Å². The van der Waals surface area contributed by atoms with E-state index >= 15 is 0 Å². The molecule has 1 amide bonds. The van der Waals surface area contributed by atoms with Crippen molar-refractivity contribution in [3.8, 4) is 11.3 Å². The first-order valence-corrected chi connectivity index (χ1v) is 12.5. The number of anilines is 1. The van der Waals surface area contributed by atoms with E-state index in [2.05, 4.69) is 25.7 Å². The molecule has 1 aromatic carbocycles. The van der Waals surface area contributed by atoms with Crippen LogP contribution in [0.25, 0.3) is 11.3 Å². The molecule has 2 aliphatic heterocycles. The second-order valence-corrected chi connectivity index (χ2v) is 9.85. The van der Waals surface area contributed by atoms with Crippen LogP contribution in [-0.4, -0.2) is 66.4 Å². The Kier molecular flexibility index (Phi) is 6.88. The zero-order chi connectivity index (χ0) is 22.6. The van der Waals surface area contributed by atoms with Gasteiger partial charge < -0.3 is 20.3 Å². The Morgan fingerprint density at radius 1 is 1.03 bits per heavy atom. The number of fused-ring (bicyclic) bond motifs is 1. The van der Waals surface area contributed by atoms with Gasteiger partial charge in [-0.05, 0) is 74.6 Å². The Morgan fingerprint density at radius 2 is 1.76 bits per heavy atom. The van der Waals surface area contributed by atoms with Gasteiger partial charge in [0.05, 0.1) is 5.69 Å². The molecule has 2 N–H and O–H groups in total. The third-order valence-corrected chi connectivity index (χ3v) is 7.48. The summed E-state index contributed by atoms with van der Waals surface area (Å²) in [6.45, 7) is 8.17. The lowest BCUT2D eigenvalue weighted by atomic mass is 10.00. The number of benzene rings is 1. The predicted octanol–water partition coefficient (Wildman–Crippen LogP) is 3.44. The summed E-state index contributed by atoms with van der Waals surface area (Å²) in [4.78, 5) is 14.6. The average molecular weight is 450 g/mol. The highest BCUT2D eigenvalue weighted by molar-refractivity contribution is 5.94. The fourth-order valence-corrected chi connectivity index (χ4v) is 5.79. The number of aromatic nitrogens is 2. The maximum absolute atomic E-state index is 11.9. The number of likely N-dealkylation sites (tertiary alicyclic amines) is 1. The van der Waals surface area contributed by atoms with Gasteiger partial charge in [-0.25, -0.2) is 0 Å². The minimum Gasteiger partial charge on any atom is -0.381 e. The minimum atomic E-state index is -0.0530. The molecule has 5 rings (SSSR count). The van der Waals surface area contributed by atoms with Crippen molar-refractivity contribution in [2.75, 3.05) is 44.7 Å². The molecule has 7 heteroatoms. The van der Waals surface area contributed by atoms with Gasteiger partial charge in [-0.1, -0.05) is 12.1 Å². The number of nitrogens with one attached hydrogen (secondary N) is 2. The summed E-state index contributed by atoms with van der Waals surface area (Å²) in [6, 6.07) is 12.0. The highest BCUT2D eigenvalue weighted by Crippen LogP contribution is 2.39. The van der Waals surface area contributed by atoms with Gasteiger partial charge in [0.1, 0.15) is 5.82 Å². The summed E-state index contributed by atoms with van der Waals surface area (Å²) in [7, 11) is 0. The maximum Gasteiger partial charge on any atom is 0.251 e. The summed E-state index contributed by atoms with van der Waals surface area (Å²) in [5.41, 5.74) is 2.43. The lowest BCUT2D eigenvalue weighted by Crippen LogP contribution is -2.32. The third-order valence-electron chi connectivity index (χ3n) is 7.48. The van der Waals surface area contributed by atoms with Crippen molar-refractivity contribution < 1.29 is 9.53 Å². The van der Waals surface area contributed by atoms with E-state index in [1.807, 2.05) is 43.3 Å². The largest absolute Gasteiger partial charge is 0.381 e. The molecule has 3 heterocycles. The van der Waals surface area contributed by atoms with Crippen LogP contribution in [0.1, 0.15) is 43.0 Å². The first kappa shape index (κ1) is 22.3. The van der Waals surface area contributed by atoms with Crippen LogP contribution in [0.5, 0.6) is 0 Å². The van der Waals surface area contributed by atoms with E-state index in [0.717, 1.165) is 48.0 Å². The quantitative estimate of drug-likeness (QED) is 0.674. The molecule has 2 aromatic rings. The summed E-state index contributed by atoms with van der Waals surface area (Å²) < 4.78 is 5.51. The van der Waals surface area contributed by atoms with Crippen molar-refractivity contribution in [2.45, 2.75) is 38.6 Å². The second-order valence-electron chi connectivity index (χ2n) is 9.85. The molecule has 176 valence electrons. The third kappa shape index (κ3) is 5.36. The molecule has 2 saturated heterocycles. The van der Waals surface area contributed by atoms with E-state index in [4.69, 9.17) is 4.74 Å². The van der Waals surface area contributed by atoms with Gasteiger partial charge in [0.25, 0.3) is 5.91 Å². The van der Waals surface area contributed by atoms with Crippen molar-refractivity contribution in [1.82, 2.24) is 20.4 Å². The smallest absolute Gasteiger partial charge is 0.251 e. The lowest BCUT2D eigenvalue weighted by molar-refractivity contribution is 0.0545. The Labute approximate surface area is 196 Å². The zero-order valence-corrected chi connectivity index (χ0v) is 19.5. The lowest BCUT2D eigenvalue weighted by Gasteiger charge is -2.27. The summed E-state index contributed by atoms with van der Waals surface area (Å²) in [5, 5.41) is 15.3. The van der Waals surface area contributed by atoms with Crippen LogP contribution in [0.4, 0.5) is 5.82 Å². The molecule has 3 fully saturated rings. The van der Waals surface area contributed by atoms with E-state index in [1.165, 1.54) is 45.3 Å². The van der Waals surface area contributed by atoms with Crippen molar-refractivity contribution in [2.24, 2.45) is 17.8 Å². The Balaban J connectivity index is 1.11. The monoisotopic (exact) mass is 449 g/mol. The summed E-state index contributed by atoms with van der Waals surface area (Å²) in [5.74, 6) is 3.23. The Hall–Kier alpha value is -2.51. The number of amides is 1. The molecule has 7 nitrogen and oxygen atoms in total. The SMILES string of the molecule is CCNC(=O)c1ccc(-c2ccc(NC3C[C@@H]4CN(CC5CCOCC5)C[C@@H]4C3)nn2)cc1. The van der Waals surface area contributed by atoms with Crippen LogP contribution in [0.3, 0.4) is 0 Å². The van der Waals surface area contributed by atoms with E-state index in [0.29, 0.717) is 18.2 Å². The van der Waals surface area contributed by atoms with Gasteiger partial charge in [0, 0.05) is 56.6 Å². The van der Waals surface area contributed by atoms with E-state index in [9.17, 15) is 4.79 Å². The van der Waals surface area contributed by atoms with E-state index < -0.39 is 0 Å². The van der Waals surface area contributed by atoms with Crippen LogP contribution < -0.4 is 10.6 Å². The number of ether oxygens (including phenoxy) is 1. The highest BCUT2D eigenvalue weighted by atomic mass is 16.5. The van der Waals surface area contributed by atoms with E-state index in [-0.39, 0.29) is 5.91 Å². The molecule has 0 radical (unpaired) electrons. The van der Waals surface area contributed by atoms with Crippen molar-refractivity contribution >= 4 is 11.7 Å². The molecule has 1 aromatic heterocycles. The van der Waals surface area contributed by atoms with E-state index in [1.54, 1.807) is 0 Å². The molecular weight excluding hydrogens is 414 g/mol. The van der Waals surface area contributed by atoms with Gasteiger partial charge in [0.15, 0.2) is 0 Å². The second kappa shape index (κ2) is 10.2. The van der Waals surface area contributed by atoms with Crippen molar-refractivity contribution in [3.05, 3.63) is 42.0 Å². The maximum atomic E-state index is 11.9. The standard InChI is InChI=1S/C26H35N5O2/c1-2-27-26(32)20-5-3-19(4-6-20)24-7-8-25(30-29-24)28-23-13-21-16-31(17-22(21)14-23)15-18-9-11-33-12-10-18/h3-8,18,21-23H,2,9-17H2,1H3,(H,27,32)(H,28,30)/t21-,22+,23?. The van der Waals surface area contributed by atoms with Gasteiger partial charge >= 0.3 is 0 Å². The van der Waals surface area contributed by atoms with Crippen LogP contribution in [0.15, 0.2) is 36.4 Å². The van der Waals surface area contributed by atoms with Crippen LogP contribution in [0.2, 0.25) is 0 Å². The average Bonchev–Trinajstić information content (AvgIpc) is 3.38. The predicted molar refractivity (Wildman–Crippen MR) is 129 cm³/mol. The highest BCUT2D eigenvalue weighted by Gasteiger charge is 2.41. The number of hydrogen-bond acceptors (Lipinski definition) is 6.